The van der Waals surface area contributed by atoms with Crippen molar-refractivity contribution in [3.8, 4) is 11.4 Å². The predicted molar refractivity (Wildman–Crippen MR) is 279 cm³/mol. The Balaban J connectivity index is 1.33. The van der Waals surface area contributed by atoms with Crippen molar-refractivity contribution in [2.24, 2.45) is 0 Å². The van der Waals surface area contributed by atoms with Crippen molar-refractivity contribution < 1.29 is 0 Å². The lowest BCUT2D eigenvalue weighted by Crippen LogP contribution is -2.60. The summed E-state index contributed by atoms with van der Waals surface area (Å²) < 4.78 is 5.24. The quantitative estimate of drug-likeness (QED) is 0.158. The van der Waals surface area contributed by atoms with Crippen LogP contribution in [0.5, 0.6) is 0 Å². The molecule has 64 heavy (non-hydrogen) atoms. The second kappa shape index (κ2) is 13.3. The lowest BCUT2D eigenvalue weighted by Gasteiger charge is -2.41. The highest BCUT2D eigenvalue weighted by atomic mass is 15.2. The van der Waals surface area contributed by atoms with Crippen LogP contribution in [0, 0.1) is 13.8 Å². The third-order valence-electron chi connectivity index (χ3n) is 14.6. The van der Waals surface area contributed by atoms with E-state index in [1.54, 1.807) is 0 Å². The molecule has 2 aromatic heterocycles. The van der Waals surface area contributed by atoms with Gasteiger partial charge in [0.1, 0.15) is 0 Å². The molecule has 0 bridgehead atoms. The third-order valence-corrected chi connectivity index (χ3v) is 14.6. The van der Waals surface area contributed by atoms with Crippen LogP contribution in [0.15, 0.2) is 121 Å². The largest absolute Gasteiger partial charge is 0.311 e. The van der Waals surface area contributed by atoms with Gasteiger partial charge in [-0.25, -0.2) is 0 Å². The van der Waals surface area contributed by atoms with Crippen molar-refractivity contribution in [2.75, 3.05) is 4.90 Å². The molecule has 0 unspecified atom stereocenters. The van der Waals surface area contributed by atoms with Gasteiger partial charge in [-0.2, -0.15) is 0 Å². The topological polar surface area (TPSA) is 13.1 Å². The molecule has 9 aromatic rings. The van der Waals surface area contributed by atoms with Crippen LogP contribution in [0.4, 0.5) is 17.1 Å². The van der Waals surface area contributed by atoms with Crippen LogP contribution in [-0.4, -0.2) is 15.8 Å². The maximum absolute atomic E-state index is 2.64. The van der Waals surface area contributed by atoms with Gasteiger partial charge in [-0.3, -0.25) is 0 Å². The minimum absolute atomic E-state index is 0.0115. The second-order valence-corrected chi connectivity index (χ2v) is 23.4. The molecule has 2 aliphatic heterocycles. The van der Waals surface area contributed by atoms with Crippen molar-refractivity contribution in [1.29, 1.82) is 0 Å². The maximum atomic E-state index is 2.64. The van der Waals surface area contributed by atoms with Crippen molar-refractivity contribution in [2.45, 2.75) is 119 Å². The molecule has 7 aromatic carbocycles. The van der Waals surface area contributed by atoms with Gasteiger partial charge in [-0.1, -0.05) is 155 Å². The second-order valence-electron chi connectivity index (χ2n) is 23.4. The molecule has 0 saturated carbocycles. The molecule has 2 aliphatic rings. The average Bonchev–Trinajstić information content (AvgIpc) is 3.73. The first kappa shape index (κ1) is 40.8. The Bertz CT molecular complexity index is 3370. The van der Waals surface area contributed by atoms with Gasteiger partial charge >= 0.3 is 0 Å². The summed E-state index contributed by atoms with van der Waals surface area (Å²) >= 11 is 0. The zero-order chi connectivity index (χ0) is 45.2. The van der Waals surface area contributed by atoms with Crippen LogP contribution in [0.2, 0.25) is 0 Å². The Kier molecular flexibility index (Phi) is 8.46. The normalized spacial score (nSPS) is 14.0. The van der Waals surface area contributed by atoms with Gasteiger partial charge in [0, 0.05) is 49.8 Å². The lowest BCUT2D eigenvalue weighted by atomic mass is 9.33. The van der Waals surface area contributed by atoms with E-state index in [0.717, 1.165) is 0 Å². The van der Waals surface area contributed by atoms with E-state index in [4.69, 9.17) is 0 Å². The fourth-order valence-corrected chi connectivity index (χ4v) is 11.0. The number of fused-ring (bicyclic) bond motifs is 10. The molecule has 0 amide bonds. The van der Waals surface area contributed by atoms with Crippen LogP contribution in [-0.2, 0) is 21.7 Å². The summed E-state index contributed by atoms with van der Waals surface area (Å²) in [5.74, 6) is 0. The fraction of sp³-hybridized carbons (Fsp3) is 0.300. The maximum Gasteiger partial charge on any atom is 0.252 e. The molecule has 0 fully saturated rings. The molecule has 4 heteroatoms. The molecule has 0 atom stereocenters. The molecular formula is C60H62BN3. The molecule has 0 radical (unpaired) electrons. The van der Waals surface area contributed by atoms with Crippen LogP contribution in [0.1, 0.15) is 116 Å². The summed E-state index contributed by atoms with van der Waals surface area (Å²) in [7, 11) is 0. The standard InChI is InChI=1S/C60H62BN3/c1-35-15-25-50-47(28-35)61-48-29-36(2)27-46-45-30-38(58(6,7)8)20-26-49(45)64(56(46)48)54-34-42(33-53(55(54)61)62(50)41-21-16-37(17-22-41)57(3,4)5)63-51-31-39(59(9,10)11)18-23-43(51)44-24-19-40(32-52(44)63)60(12,13)14/h15-34H,1-14H3. The zero-order valence-corrected chi connectivity index (χ0v) is 40.5. The third kappa shape index (κ3) is 6.00. The molecule has 0 spiro atoms. The number of hydrogen-bond donors (Lipinski definition) is 0. The summed E-state index contributed by atoms with van der Waals surface area (Å²) in [6, 6.07) is 48.2. The van der Waals surface area contributed by atoms with Gasteiger partial charge in [0.25, 0.3) is 6.71 Å². The van der Waals surface area contributed by atoms with Crippen molar-refractivity contribution in [1.82, 2.24) is 9.13 Å². The minimum Gasteiger partial charge on any atom is -0.311 e. The highest BCUT2D eigenvalue weighted by Gasteiger charge is 2.43. The number of benzene rings is 7. The molecule has 0 aliphatic carbocycles. The Hall–Kier alpha value is -6.00. The SMILES string of the molecule is Cc1ccc2c(c1)B1c3c(cc(-n4c5cc(C(C)(C)C)ccc5c5ccc(C(C)(C)C)cc54)cc3-n3c4ccc(C(C)(C)C)cc4c4cc(C)cc1c43)N2c1ccc(C(C)(C)C)cc1. The van der Waals surface area contributed by atoms with Crippen molar-refractivity contribution in [3.05, 3.63) is 155 Å². The average molecular weight is 836 g/mol. The molecule has 0 N–H and O–H groups in total. The first-order valence-electron chi connectivity index (χ1n) is 23.5. The molecular weight excluding hydrogens is 773 g/mol. The van der Waals surface area contributed by atoms with Gasteiger partial charge in [0.15, 0.2) is 0 Å². The number of anilines is 3. The van der Waals surface area contributed by atoms with E-state index in [9.17, 15) is 0 Å². The van der Waals surface area contributed by atoms with Gasteiger partial charge in [-0.05, 0) is 135 Å². The van der Waals surface area contributed by atoms with Gasteiger partial charge < -0.3 is 14.0 Å². The summed E-state index contributed by atoms with van der Waals surface area (Å²) in [6.45, 7) is 32.5. The fourth-order valence-electron chi connectivity index (χ4n) is 11.0. The monoisotopic (exact) mass is 836 g/mol. The number of aryl methyl sites for hydroxylation is 2. The predicted octanol–water partition coefficient (Wildman–Crippen LogP) is 14.3. The summed E-state index contributed by atoms with van der Waals surface area (Å²) in [6.07, 6.45) is 0. The minimum atomic E-state index is -0.0115. The van der Waals surface area contributed by atoms with Crippen molar-refractivity contribution >= 4 is 83.8 Å². The lowest BCUT2D eigenvalue weighted by molar-refractivity contribution is 0.590. The number of hydrogen-bond acceptors (Lipinski definition) is 1. The van der Waals surface area contributed by atoms with Gasteiger partial charge in [0.05, 0.1) is 22.2 Å². The molecule has 3 nitrogen and oxygen atoms in total. The first-order valence-corrected chi connectivity index (χ1v) is 23.5. The zero-order valence-electron chi connectivity index (χ0n) is 40.5. The Labute approximate surface area is 380 Å². The Morgan fingerprint density at radius 1 is 0.359 bits per heavy atom. The van der Waals surface area contributed by atoms with Gasteiger partial charge in [0.2, 0.25) is 0 Å². The van der Waals surface area contributed by atoms with E-state index in [1.165, 1.54) is 122 Å². The van der Waals surface area contributed by atoms with Crippen LogP contribution in [0.3, 0.4) is 0 Å². The van der Waals surface area contributed by atoms with Crippen LogP contribution >= 0.6 is 0 Å². The van der Waals surface area contributed by atoms with E-state index in [1.807, 2.05) is 0 Å². The van der Waals surface area contributed by atoms with Crippen molar-refractivity contribution in [3.63, 3.8) is 0 Å². The number of nitrogens with zero attached hydrogens (tertiary/aromatic N) is 3. The molecule has 11 rings (SSSR count). The summed E-state index contributed by atoms with van der Waals surface area (Å²) in [5.41, 5.74) is 23.3. The highest BCUT2D eigenvalue weighted by molar-refractivity contribution is 7.00. The Morgan fingerprint density at radius 2 is 0.891 bits per heavy atom. The summed E-state index contributed by atoms with van der Waals surface area (Å²) in [5, 5.41) is 5.23. The number of rotatable bonds is 2. The highest BCUT2D eigenvalue weighted by Crippen LogP contribution is 2.46. The van der Waals surface area contributed by atoms with Crippen LogP contribution < -0.4 is 21.3 Å². The van der Waals surface area contributed by atoms with E-state index in [-0.39, 0.29) is 28.4 Å². The number of aromatic nitrogens is 2. The molecule has 320 valence electrons. The van der Waals surface area contributed by atoms with Gasteiger partial charge in [-0.15, -0.1) is 0 Å². The molecule has 0 saturated heterocycles. The van der Waals surface area contributed by atoms with E-state index >= 15 is 0 Å². The molecule has 4 heterocycles. The van der Waals surface area contributed by atoms with E-state index in [2.05, 4.69) is 232 Å². The van der Waals surface area contributed by atoms with E-state index < -0.39 is 0 Å². The van der Waals surface area contributed by atoms with Crippen LogP contribution in [0.25, 0.3) is 55.0 Å². The first-order chi connectivity index (χ1) is 30.1. The summed E-state index contributed by atoms with van der Waals surface area (Å²) in [4.78, 5) is 2.58. The van der Waals surface area contributed by atoms with E-state index in [0.29, 0.717) is 0 Å². The Morgan fingerprint density at radius 3 is 1.48 bits per heavy atom. The smallest absolute Gasteiger partial charge is 0.252 e.